The molecular weight excluding hydrogens is 257 g/mol. The molecule has 18 heavy (non-hydrogen) atoms. The highest BCUT2D eigenvalue weighted by Crippen LogP contribution is 2.19. The minimum atomic E-state index is -1.34. The Balaban J connectivity index is 1.96. The lowest BCUT2D eigenvalue weighted by Gasteiger charge is -2.12. The van der Waals surface area contributed by atoms with Crippen LogP contribution in [0, 0.1) is 0 Å². The number of cyclic esters (lactones) is 2. The molecule has 1 amide bonds. The van der Waals surface area contributed by atoms with E-state index in [0.29, 0.717) is 0 Å². The number of esters is 2. The standard InChI is InChI=1S/C11H10NO5P/c13-9(8-10(14)17-11(15)12(8)18)16-6-7-4-2-1-3-5-7/h1-5,8H,6,18H2. The maximum absolute atomic E-state index is 11.7. The Labute approximate surface area is 105 Å². The van der Waals surface area contributed by atoms with E-state index in [1.165, 1.54) is 0 Å². The summed E-state index contributed by atoms with van der Waals surface area (Å²) in [6.07, 6.45) is -0.883. The van der Waals surface area contributed by atoms with Crippen LogP contribution in [-0.4, -0.2) is 28.7 Å². The Morgan fingerprint density at radius 3 is 2.56 bits per heavy atom. The molecule has 0 saturated carbocycles. The molecule has 1 aliphatic rings. The maximum Gasteiger partial charge on any atom is 0.421 e. The van der Waals surface area contributed by atoms with E-state index >= 15 is 0 Å². The Morgan fingerprint density at radius 2 is 2.00 bits per heavy atom. The predicted octanol–water partition coefficient (Wildman–Crippen LogP) is 0.867. The third kappa shape index (κ3) is 2.49. The van der Waals surface area contributed by atoms with Crippen LogP contribution in [0.15, 0.2) is 30.3 Å². The summed E-state index contributed by atoms with van der Waals surface area (Å²) < 4.78 is 10.1. The molecule has 2 unspecified atom stereocenters. The van der Waals surface area contributed by atoms with E-state index in [2.05, 4.69) is 4.74 Å². The molecule has 1 aliphatic heterocycles. The summed E-state index contributed by atoms with van der Waals surface area (Å²) in [5, 5.41) is 0. The second kappa shape index (κ2) is 5.14. The van der Waals surface area contributed by atoms with Crippen molar-refractivity contribution >= 4 is 27.4 Å². The fourth-order valence-corrected chi connectivity index (χ4v) is 1.73. The van der Waals surface area contributed by atoms with Gasteiger partial charge in [0.05, 0.1) is 0 Å². The van der Waals surface area contributed by atoms with Gasteiger partial charge in [0.1, 0.15) is 6.61 Å². The number of amides is 1. The molecule has 2 atom stereocenters. The molecule has 2 rings (SSSR count). The molecule has 0 bridgehead atoms. The van der Waals surface area contributed by atoms with E-state index in [1.54, 1.807) is 24.3 Å². The van der Waals surface area contributed by atoms with Crippen molar-refractivity contribution in [2.75, 3.05) is 0 Å². The fraction of sp³-hybridized carbons (Fsp3) is 0.182. The molecule has 0 aromatic heterocycles. The first-order valence-electron chi connectivity index (χ1n) is 5.10. The van der Waals surface area contributed by atoms with Crippen LogP contribution in [0.5, 0.6) is 0 Å². The second-order valence-corrected chi connectivity index (χ2v) is 4.15. The third-order valence-corrected chi connectivity index (χ3v) is 2.86. The highest BCUT2D eigenvalue weighted by molar-refractivity contribution is 7.15. The lowest BCUT2D eigenvalue weighted by Crippen LogP contribution is -2.36. The van der Waals surface area contributed by atoms with Gasteiger partial charge in [-0.25, -0.2) is 14.4 Å². The van der Waals surface area contributed by atoms with E-state index in [4.69, 9.17) is 4.74 Å². The molecule has 1 aromatic carbocycles. The van der Waals surface area contributed by atoms with Gasteiger partial charge in [-0.05, 0) is 15.0 Å². The average Bonchev–Trinajstić information content (AvgIpc) is 2.62. The SMILES string of the molecule is O=C(OCc1ccccc1)C1C(=O)OC(=O)N1P. The van der Waals surface area contributed by atoms with Crippen molar-refractivity contribution in [1.29, 1.82) is 0 Å². The van der Waals surface area contributed by atoms with Crippen LogP contribution in [0.25, 0.3) is 0 Å². The normalized spacial score (nSPS) is 18.7. The van der Waals surface area contributed by atoms with E-state index < -0.39 is 24.1 Å². The third-order valence-electron chi connectivity index (χ3n) is 2.35. The maximum atomic E-state index is 11.7. The molecule has 0 N–H and O–H groups in total. The summed E-state index contributed by atoms with van der Waals surface area (Å²) in [6, 6.07) is 7.67. The first kappa shape index (κ1) is 12.5. The van der Waals surface area contributed by atoms with E-state index in [-0.39, 0.29) is 6.61 Å². The van der Waals surface area contributed by atoms with E-state index in [1.807, 2.05) is 15.5 Å². The largest absolute Gasteiger partial charge is 0.459 e. The topological polar surface area (TPSA) is 72.9 Å². The van der Waals surface area contributed by atoms with Gasteiger partial charge in [-0.2, -0.15) is 0 Å². The number of hydrogen-bond donors (Lipinski definition) is 0. The zero-order valence-corrected chi connectivity index (χ0v) is 10.4. The highest BCUT2D eigenvalue weighted by atomic mass is 31.0. The molecule has 0 spiro atoms. The van der Waals surface area contributed by atoms with Crippen LogP contribution < -0.4 is 0 Å². The summed E-state index contributed by atoms with van der Waals surface area (Å²) in [5.41, 5.74) is 0.791. The monoisotopic (exact) mass is 267 g/mol. The molecule has 1 fully saturated rings. The molecule has 0 aliphatic carbocycles. The van der Waals surface area contributed by atoms with Gasteiger partial charge in [-0.3, -0.25) is 4.67 Å². The van der Waals surface area contributed by atoms with Crippen molar-refractivity contribution in [3.05, 3.63) is 35.9 Å². The first-order valence-corrected chi connectivity index (χ1v) is 5.61. The van der Waals surface area contributed by atoms with Crippen LogP contribution in [0.2, 0.25) is 0 Å². The summed E-state index contributed by atoms with van der Waals surface area (Å²) in [6.45, 7) is 0.0378. The van der Waals surface area contributed by atoms with Crippen LogP contribution in [0.1, 0.15) is 5.56 Å². The van der Waals surface area contributed by atoms with Crippen LogP contribution >= 0.6 is 9.39 Å². The van der Waals surface area contributed by atoms with Gasteiger partial charge in [-0.15, -0.1) is 0 Å². The zero-order chi connectivity index (χ0) is 13.1. The lowest BCUT2D eigenvalue weighted by molar-refractivity contribution is -0.153. The number of nitrogens with zero attached hydrogens (tertiary/aromatic N) is 1. The van der Waals surface area contributed by atoms with Gasteiger partial charge in [0, 0.05) is 0 Å². The van der Waals surface area contributed by atoms with Crippen LogP contribution in [0.4, 0.5) is 4.79 Å². The number of ether oxygens (including phenoxy) is 2. The van der Waals surface area contributed by atoms with E-state index in [9.17, 15) is 14.4 Å². The Kier molecular flexibility index (Phi) is 3.58. The molecule has 0 radical (unpaired) electrons. The minimum Gasteiger partial charge on any atom is -0.459 e. The fourth-order valence-electron chi connectivity index (χ4n) is 1.43. The van der Waals surface area contributed by atoms with E-state index in [0.717, 1.165) is 10.2 Å². The van der Waals surface area contributed by atoms with Crippen molar-refractivity contribution in [3.63, 3.8) is 0 Å². The van der Waals surface area contributed by atoms with Crippen molar-refractivity contribution in [2.45, 2.75) is 12.6 Å². The summed E-state index contributed by atoms with van der Waals surface area (Å²) in [5.74, 6) is -1.74. The molecule has 1 saturated heterocycles. The molecule has 1 aromatic rings. The minimum absolute atomic E-state index is 0.0378. The Hall–Kier alpha value is -1.94. The van der Waals surface area contributed by atoms with Crippen LogP contribution in [-0.2, 0) is 25.7 Å². The molecule has 94 valence electrons. The number of benzene rings is 1. The van der Waals surface area contributed by atoms with Crippen molar-refractivity contribution < 1.29 is 23.9 Å². The first-order chi connectivity index (χ1) is 8.59. The van der Waals surface area contributed by atoms with Crippen molar-refractivity contribution in [1.82, 2.24) is 4.67 Å². The van der Waals surface area contributed by atoms with Gasteiger partial charge in [0.15, 0.2) is 0 Å². The Bertz CT molecular complexity index is 489. The van der Waals surface area contributed by atoms with Crippen molar-refractivity contribution in [3.8, 4) is 0 Å². The summed E-state index contributed by atoms with van der Waals surface area (Å²) in [4.78, 5) is 33.9. The molecule has 6 nitrogen and oxygen atoms in total. The van der Waals surface area contributed by atoms with Crippen molar-refractivity contribution in [2.24, 2.45) is 0 Å². The van der Waals surface area contributed by atoms with Gasteiger partial charge >= 0.3 is 18.0 Å². The second-order valence-electron chi connectivity index (χ2n) is 3.59. The quantitative estimate of drug-likeness (QED) is 0.461. The van der Waals surface area contributed by atoms with Crippen LogP contribution in [0.3, 0.4) is 0 Å². The van der Waals surface area contributed by atoms with Gasteiger partial charge in [-0.1, -0.05) is 30.3 Å². The van der Waals surface area contributed by atoms with Gasteiger partial charge < -0.3 is 9.47 Å². The number of carbonyl (C=O) groups excluding carboxylic acids is 3. The molecular formula is C11H10NO5P. The summed E-state index contributed by atoms with van der Waals surface area (Å²) >= 11 is 0. The Morgan fingerprint density at radius 1 is 1.33 bits per heavy atom. The number of rotatable bonds is 3. The van der Waals surface area contributed by atoms with Gasteiger partial charge in [0.25, 0.3) is 0 Å². The number of hydrogen-bond acceptors (Lipinski definition) is 5. The molecule has 1 heterocycles. The smallest absolute Gasteiger partial charge is 0.421 e. The average molecular weight is 267 g/mol. The zero-order valence-electron chi connectivity index (χ0n) is 9.24. The lowest BCUT2D eigenvalue weighted by atomic mass is 10.2. The highest BCUT2D eigenvalue weighted by Gasteiger charge is 2.45. The van der Waals surface area contributed by atoms with Gasteiger partial charge in [0.2, 0.25) is 6.04 Å². The summed E-state index contributed by atoms with van der Waals surface area (Å²) in [7, 11) is 1.96. The molecule has 7 heteroatoms. The number of carbonyl (C=O) groups is 3. The predicted molar refractivity (Wildman–Crippen MR) is 63.1 cm³/mol.